The maximum Gasteiger partial charge on any atom is 0.329 e. The Hall–Kier alpha value is -2.42. The number of nitrogens with one attached hydrogen (secondary N) is 2. The van der Waals surface area contributed by atoms with E-state index in [1.165, 1.54) is 44.9 Å². The minimum atomic E-state index is -0.961. The molecule has 1 aromatic heterocycles. The van der Waals surface area contributed by atoms with Gasteiger partial charge in [0.1, 0.15) is 6.04 Å². The van der Waals surface area contributed by atoms with E-state index in [0.29, 0.717) is 19.4 Å². The summed E-state index contributed by atoms with van der Waals surface area (Å²) in [4.78, 5) is 40.5. The predicted octanol–water partition coefficient (Wildman–Crippen LogP) is 3.37. The van der Waals surface area contributed by atoms with E-state index in [1.54, 1.807) is 19.4 Å². The van der Waals surface area contributed by atoms with Crippen LogP contribution in [0.15, 0.2) is 12.5 Å². The van der Waals surface area contributed by atoms with E-state index in [9.17, 15) is 14.4 Å². The second kappa shape index (κ2) is 20.5. The number of carbonyl (C=O) groups is 3. The molecule has 0 saturated heterocycles. The molecule has 9 heteroatoms. The molecule has 4 N–H and O–H groups in total. The first-order chi connectivity index (χ1) is 15.4. The van der Waals surface area contributed by atoms with Crippen LogP contribution >= 0.6 is 0 Å². The fourth-order valence-electron chi connectivity index (χ4n) is 3.01. The van der Waals surface area contributed by atoms with Crippen molar-refractivity contribution in [2.75, 3.05) is 13.2 Å². The van der Waals surface area contributed by atoms with Crippen LogP contribution in [0, 0.1) is 0 Å². The number of esters is 1. The van der Waals surface area contributed by atoms with Crippen molar-refractivity contribution in [3.63, 3.8) is 0 Å². The molecule has 0 radical (unpaired) electrons. The first-order valence-electron chi connectivity index (χ1n) is 11.7. The van der Waals surface area contributed by atoms with Crippen LogP contribution in [0.2, 0.25) is 0 Å². The van der Waals surface area contributed by atoms with Crippen molar-refractivity contribution in [2.45, 2.75) is 96.9 Å². The molecule has 32 heavy (non-hydrogen) atoms. The third-order valence-electron chi connectivity index (χ3n) is 4.72. The van der Waals surface area contributed by atoms with E-state index >= 15 is 0 Å². The minimum absolute atomic E-state index is 0.0921. The number of aliphatic hydroxyl groups is 1. The van der Waals surface area contributed by atoms with Gasteiger partial charge in [-0.3, -0.25) is 9.59 Å². The van der Waals surface area contributed by atoms with E-state index < -0.39 is 18.0 Å². The smallest absolute Gasteiger partial charge is 0.329 e. The molecule has 0 aromatic carbocycles. The van der Waals surface area contributed by atoms with Gasteiger partial charge in [-0.05, 0) is 13.3 Å². The van der Waals surface area contributed by atoms with E-state index in [0.717, 1.165) is 18.5 Å². The fraction of sp³-hybridized carbons (Fsp3) is 0.739. The van der Waals surface area contributed by atoms with Gasteiger partial charge in [0.2, 0.25) is 5.91 Å². The largest absolute Gasteiger partial charge is 0.481 e. The second-order valence-corrected chi connectivity index (χ2v) is 7.60. The Morgan fingerprint density at radius 2 is 1.66 bits per heavy atom. The summed E-state index contributed by atoms with van der Waals surface area (Å²) in [5.74, 6) is -1.45. The Morgan fingerprint density at radius 1 is 1.03 bits per heavy atom. The monoisotopic (exact) mass is 455 g/mol. The lowest BCUT2D eigenvalue weighted by atomic mass is 10.1. The molecule has 9 nitrogen and oxygen atoms in total. The molecule has 1 rings (SSSR count). The molecule has 1 aromatic rings. The van der Waals surface area contributed by atoms with Crippen LogP contribution in [-0.2, 0) is 25.5 Å². The summed E-state index contributed by atoms with van der Waals surface area (Å²) in [6.45, 7) is 4.02. The van der Waals surface area contributed by atoms with Crippen molar-refractivity contribution in [3.05, 3.63) is 18.2 Å². The van der Waals surface area contributed by atoms with Crippen molar-refractivity contribution in [1.29, 1.82) is 0 Å². The number of aromatic amines is 1. The van der Waals surface area contributed by atoms with Crippen molar-refractivity contribution in [3.8, 4) is 0 Å². The summed E-state index contributed by atoms with van der Waals surface area (Å²) in [6, 6.07) is -0.665. The molecule has 0 unspecified atom stereocenters. The zero-order valence-corrected chi connectivity index (χ0v) is 19.6. The molecule has 0 bridgehead atoms. The number of aliphatic hydroxyl groups excluding tert-OH is 1. The Bertz CT molecular complexity index is 607. The quantitative estimate of drug-likeness (QED) is 0.208. The first-order valence-corrected chi connectivity index (χ1v) is 11.7. The summed E-state index contributed by atoms with van der Waals surface area (Å²) in [6.07, 6.45) is 14.8. The Balaban J connectivity index is 0.00000140. The second-order valence-electron chi connectivity index (χ2n) is 7.60. The maximum atomic E-state index is 12.2. The number of amides is 1. The number of rotatable bonds is 17. The van der Waals surface area contributed by atoms with Gasteiger partial charge in [-0.15, -0.1) is 0 Å². The van der Waals surface area contributed by atoms with Gasteiger partial charge in [0.15, 0.2) is 0 Å². The van der Waals surface area contributed by atoms with Gasteiger partial charge in [-0.25, -0.2) is 9.78 Å². The number of carboxylic acids is 1. The van der Waals surface area contributed by atoms with Crippen LogP contribution in [0.5, 0.6) is 0 Å². The number of aromatic nitrogens is 2. The van der Waals surface area contributed by atoms with Crippen LogP contribution in [0.25, 0.3) is 0 Å². The number of aliphatic carboxylic acids is 1. The normalized spacial score (nSPS) is 11.2. The standard InChI is InChI=1S/C20H35N3O3.C3H6O3/c1-3-5-6-7-8-9-10-11-12-13-19(24)23-18(20(25)26-4-2)14-17-15-21-16-22-17;4-2-1-3(5)6/h15-16,18H,3-14H2,1-2H3,(H,21,22)(H,23,24);4H,1-2H2,(H,5,6)/t18-;/m0./s1. The van der Waals surface area contributed by atoms with Gasteiger partial charge in [-0.1, -0.05) is 58.3 Å². The zero-order chi connectivity index (χ0) is 24.0. The molecule has 0 saturated carbocycles. The number of ether oxygens (including phenoxy) is 1. The van der Waals surface area contributed by atoms with Crippen LogP contribution < -0.4 is 5.32 Å². The third kappa shape index (κ3) is 17.3. The third-order valence-corrected chi connectivity index (χ3v) is 4.72. The SMILES string of the molecule is CCCCCCCCCCCC(=O)N[C@@H](Cc1cnc[nH]1)C(=O)OCC.O=C(O)CCO. The number of imidazole rings is 1. The predicted molar refractivity (Wildman–Crippen MR) is 122 cm³/mol. The van der Waals surface area contributed by atoms with Crippen LogP contribution in [-0.4, -0.2) is 57.3 Å². The van der Waals surface area contributed by atoms with E-state index in [2.05, 4.69) is 22.2 Å². The highest BCUT2D eigenvalue weighted by Gasteiger charge is 2.22. The van der Waals surface area contributed by atoms with Gasteiger partial charge in [0.05, 0.1) is 26.0 Å². The lowest BCUT2D eigenvalue weighted by Crippen LogP contribution is -2.43. The lowest BCUT2D eigenvalue weighted by Gasteiger charge is -2.16. The average molecular weight is 456 g/mol. The number of hydrogen-bond donors (Lipinski definition) is 4. The zero-order valence-electron chi connectivity index (χ0n) is 19.6. The summed E-state index contributed by atoms with van der Waals surface area (Å²) >= 11 is 0. The van der Waals surface area contributed by atoms with Crippen molar-refractivity contribution in [2.24, 2.45) is 0 Å². The average Bonchev–Trinajstić information content (AvgIpc) is 3.26. The Kier molecular flexibility index (Phi) is 18.9. The lowest BCUT2D eigenvalue weighted by molar-refractivity contribution is -0.147. The van der Waals surface area contributed by atoms with E-state index in [1.807, 2.05) is 0 Å². The first kappa shape index (κ1) is 29.6. The molecule has 0 fully saturated rings. The molecule has 0 spiro atoms. The van der Waals surface area contributed by atoms with Gasteiger partial charge in [-0.2, -0.15) is 0 Å². The van der Waals surface area contributed by atoms with Crippen molar-refractivity contribution >= 4 is 17.8 Å². The van der Waals surface area contributed by atoms with Crippen LogP contribution in [0.4, 0.5) is 0 Å². The molecule has 0 aliphatic rings. The highest BCUT2D eigenvalue weighted by Crippen LogP contribution is 2.10. The summed E-state index contributed by atoms with van der Waals surface area (Å²) < 4.78 is 5.06. The molecule has 1 atom stereocenters. The molecule has 1 amide bonds. The van der Waals surface area contributed by atoms with Crippen molar-refractivity contribution in [1.82, 2.24) is 15.3 Å². The Labute approximate surface area is 191 Å². The number of carboxylic acid groups (broad SMARTS) is 1. The van der Waals surface area contributed by atoms with Crippen LogP contribution in [0.1, 0.15) is 90.2 Å². The van der Waals surface area contributed by atoms with Crippen LogP contribution in [0.3, 0.4) is 0 Å². The number of carbonyl (C=O) groups excluding carboxylic acids is 2. The fourth-order valence-corrected chi connectivity index (χ4v) is 3.01. The van der Waals surface area contributed by atoms with Gasteiger partial charge >= 0.3 is 11.9 Å². The van der Waals surface area contributed by atoms with Gasteiger partial charge in [0.25, 0.3) is 0 Å². The molecular formula is C23H41N3O6. The molecule has 0 aliphatic carbocycles. The Morgan fingerprint density at radius 3 is 2.12 bits per heavy atom. The van der Waals surface area contributed by atoms with Gasteiger partial charge < -0.3 is 25.3 Å². The molecular weight excluding hydrogens is 414 g/mol. The highest BCUT2D eigenvalue weighted by molar-refractivity contribution is 5.84. The van der Waals surface area contributed by atoms with E-state index in [-0.39, 0.29) is 18.9 Å². The molecule has 1 heterocycles. The summed E-state index contributed by atoms with van der Waals surface area (Å²) in [7, 11) is 0. The van der Waals surface area contributed by atoms with E-state index in [4.69, 9.17) is 14.9 Å². The number of nitrogens with zero attached hydrogens (tertiary/aromatic N) is 1. The summed E-state index contributed by atoms with van der Waals surface area (Å²) in [5.41, 5.74) is 0.798. The number of H-pyrrole nitrogens is 1. The summed E-state index contributed by atoms with van der Waals surface area (Å²) in [5, 5.41) is 18.4. The highest BCUT2D eigenvalue weighted by atomic mass is 16.5. The van der Waals surface area contributed by atoms with Gasteiger partial charge in [0, 0.05) is 24.7 Å². The number of unbranched alkanes of at least 4 members (excludes halogenated alkanes) is 8. The molecule has 184 valence electrons. The van der Waals surface area contributed by atoms with Crippen molar-refractivity contribution < 1.29 is 29.3 Å². The molecule has 0 aliphatic heterocycles. The topological polar surface area (TPSA) is 142 Å². The minimum Gasteiger partial charge on any atom is -0.481 e. The maximum absolute atomic E-state index is 12.2. The number of hydrogen-bond acceptors (Lipinski definition) is 6.